The van der Waals surface area contributed by atoms with Gasteiger partial charge in [0.25, 0.3) is 0 Å². The molecule has 0 spiro atoms. The molecule has 0 radical (unpaired) electrons. The van der Waals surface area contributed by atoms with Crippen molar-refractivity contribution in [2.75, 3.05) is 18.0 Å². The van der Waals surface area contributed by atoms with Crippen LogP contribution in [0.5, 0.6) is 0 Å². The summed E-state index contributed by atoms with van der Waals surface area (Å²) >= 11 is 1.45. The fourth-order valence-corrected chi connectivity index (χ4v) is 4.32. The molecule has 3 heterocycles. The van der Waals surface area contributed by atoms with E-state index in [4.69, 9.17) is 0 Å². The van der Waals surface area contributed by atoms with Crippen molar-refractivity contribution in [3.05, 3.63) is 59.2 Å². The number of halogens is 1. The number of carbonyl (C=O) groups is 1. The predicted molar refractivity (Wildman–Crippen MR) is 111 cm³/mol. The van der Waals surface area contributed by atoms with Crippen molar-refractivity contribution in [2.45, 2.75) is 32.2 Å². The lowest BCUT2D eigenvalue weighted by atomic mass is 10.0. The first-order valence-electron chi connectivity index (χ1n) is 9.60. The molecule has 1 saturated heterocycles. The molecule has 1 atom stereocenters. The summed E-state index contributed by atoms with van der Waals surface area (Å²) in [4.78, 5) is 27.3. The lowest BCUT2D eigenvalue weighted by molar-refractivity contribution is -0.121. The Morgan fingerprint density at radius 2 is 2.28 bits per heavy atom. The molecule has 29 heavy (non-hydrogen) atoms. The van der Waals surface area contributed by atoms with Crippen molar-refractivity contribution in [3.8, 4) is 10.7 Å². The van der Waals surface area contributed by atoms with Gasteiger partial charge in [-0.3, -0.25) is 14.8 Å². The Kier molecular flexibility index (Phi) is 5.80. The lowest BCUT2D eigenvalue weighted by Crippen LogP contribution is -2.48. The summed E-state index contributed by atoms with van der Waals surface area (Å²) < 4.78 is 14.2. The Morgan fingerprint density at radius 1 is 1.38 bits per heavy atom. The van der Waals surface area contributed by atoms with E-state index < -0.39 is 0 Å². The van der Waals surface area contributed by atoms with Gasteiger partial charge in [-0.05, 0) is 37.5 Å². The van der Waals surface area contributed by atoms with Gasteiger partial charge in [-0.2, -0.15) is 0 Å². The molecule has 150 valence electrons. The van der Waals surface area contributed by atoms with Gasteiger partial charge in [0.15, 0.2) is 0 Å². The van der Waals surface area contributed by atoms with Crippen molar-refractivity contribution in [2.24, 2.45) is 0 Å². The highest BCUT2D eigenvalue weighted by molar-refractivity contribution is 7.13. The van der Waals surface area contributed by atoms with Crippen molar-refractivity contribution in [1.29, 1.82) is 0 Å². The SMILES string of the molecule is Cc1ccc(F)c(N2CCCC(NC(=O)Cc3csc(-c4cnccn4)n3)C2)c1. The van der Waals surface area contributed by atoms with Crippen molar-refractivity contribution < 1.29 is 9.18 Å². The number of nitrogens with zero attached hydrogens (tertiary/aromatic N) is 4. The van der Waals surface area contributed by atoms with E-state index in [-0.39, 0.29) is 24.2 Å². The minimum absolute atomic E-state index is 0.00532. The maximum atomic E-state index is 14.2. The van der Waals surface area contributed by atoms with Crippen LogP contribution in [0.25, 0.3) is 10.7 Å². The summed E-state index contributed by atoms with van der Waals surface area (Å²) in [6.07, 6.45) is 6.90. The van der Waals surface area contributed by atoms with Gasteiger partial charge in [-0.15, -0.1) is 11.3 Å². The number of aromatic nitrogens is 3. The summed E-state index contributed by atoms with van der Waals surface area (Å²) in [5.41, 5.74) is 3.05. The summed E-state index contributed by atoms with van der Waals surface area (Å²) in [7, 11) is 0. The van der Waals surface area contributed by atoms with Gasteiger partial charge in [0, 0.05) is 36.9 Å². The molecule has 0 bridgehead atoms. The van der Waals surface area contributed by atoms with Crippen LogP contribution in [0.1, 0.15) is 24.1 Å². The number of carbonyl (C=O) groups excluding carboxylic acids is 1. The van der Waals surface area contributed by atoms with Crippen LogP contribution in [0.15, 0.2) is 42.2 Å². The standard InChI is InChI=1S/C21H22FN5OS/c1-14-4-5-17(22)19(9-14)27-8-2-3-15(12-27)25-20(28)10-16-13-29-21(26-16)18-11-23-6-7-24-18/h4-7,9,11,13,15H,2-3,8,10,12H2,1H3,(H,25,28). The van der Waals surface area contributed by atoms with E-state index in [9.17, 15) is 9.18 Å². The van der Waals surface area contributed by atoms with Crippen LogP contribution in [0.3, 0.4) is 0 Å². The number of amides is 1. The monoisotopic (exact) mass is 411 g/mol. The third kappa shape index (κ3) is 4.76. The van der Waals surface area contributed by atoms with E-state index >= 15 is 0 Å². The number of thiazole rings is 1. The number of aryl methyl sites for hydroxylation is 1. The number of hydrogen-bond donors (Lipinski definition) is 1. The topological polar surface area (TPSA) is 71.0 Å². The van der Waals surface area contributed by atoms with E-state index in [1.165, 1.54) is 17.4 Å². The second-order valence-electron chi connectivity index (χ2n) is 7.22. The molecule has 8 heteroatoms. The van der Waals surface area contributed by atoms with Crippen LogP contribution in [0.2, 0.25) is 0 Å². The molecule has 1 aliphatic heterocycles. The molecule has 1 aliphatic rings. The fraction of sp³-hybridized carbons (Fsp3) is 0.333. The number of piperidine rings is 1. The van der Waals surface area contributed by atoms with Gasteiger partial charge < -0.3 is 10.2 Å². The van der Waals surface area contributed by atoms with Crippen molar-refractivity contribution >= 4 is 22.9 Å². The minimum Gasteiger partial charge on any atom is -0.367 e. The highest BCUT2D eigenvalue weighted by Gasteiger charge is 2.23. The summed E-state index contributed by atoms with van der Waals surface area (Å²) in [6, 6.07) is 5.13. The zero-order chi connectivity index (χ0) is 20.2. The first kappa shape index (κ1) is 19.4. The Labute approximate surface area is 172 Å². The minimum atomic E-state index is -0.221. The van der Waals surface area contributed by atoms with Gasteiger partial charge in [0.2, 0.25) is 5.91 Å². The third-order valence-corrected chi connectivity index (χ3v) is 5.82. The van der Waals surface area contributed by atoms with Gasteiger partial charge in [0.1, 0.15) is 16.5 Å². The summed E-state index contributed by atoms with van der Waals surface area (Å²) in [5.74, 6) is -0.292. The molecule has 0 aliphatic carbocycles. The fourth-order valence-electron chi connectivity index (χ4n) is 3.54. The van der Waals surface area contributed by atoms with E-state index in [0.717, 1.165) is 30.0 Å². The number of rotatable bonds is 5. The van der Waals surface area contributed by atoms with E-state index in [0.29, 0.717) is 23.6 Å². The molecular weight excluding hydrogens is 389 g/mol. The molecule has 0 saturated carbocycles. The normalized spacial score (nSPS) is 16.6. The zero-order valence-electron chi connectivity index (χ0n) is 16.1. The van der Waals surface area contributed by atoms with Crippen LogP contribution >= 0.6 is 11.3 Å². The quantitative estimate of drug-likeness (QED) is 0.697. The number of anilines is 1. The second-order valence-corrected chi connectivity index (χ2v) is 8.08. The molecule has 1 unspecified atom stereocenters. The van der Waals surface area contributed by atoms with Crippen molar-refractivity contribution in [3.63, 3.8) is 0 Å². The highest BCUT2D eigenvalue weighted by Crippen LogP contribution is 2.25. The van der Waals surface area contributed by atoms with E-state index in [1.54, 1.807) is 24.7 Å². The van der Waals surface area contributed by atoms with Gasteiger partial charge in [0.05, 0.1) is 24.0 Å². The summed E-state index contributed by atoms with van der Waals surface area (Å²) in [5, 5.41) is 5.71. The Bertz CT molecular complexity index is 994. The molecule has 2 aromatic heterocycles. The maximum absolute atomic E-state index is 14.2. The number of hydrogen-bond acceptors (Lipinski definition) is 6. The molecule has 1 aromatic carbocycles. The largest absolute Gasteiger partial charge is 0.367 e. The third-order valence-electron chi connectivity index (χ3n) is 4.90. The predicted octanol–water partition coefficient (Wildman–Crippen LogP) is 3.38. The number of benzene rings is 1. The van der Waals surface area contributed by atoms with Gasteiger partial charge >= 0.3 is 0 Å². The van der Waals surface area contributed by atoms with Crippen LogP contribution < -0.4 is 10.2 Å². The molecule has 4 rings (SSSR count). The smallest absolute Gasteiger partial charge is 0.226 e. The average Bonchev–Trinajstić information content (AvgIpc) is 3.19. The molecule has 6 nitrogen and oxygen atoms in total. The molecular formula is C21H22FN5OS. The van der Waals surface area contributed by atoms with Gasteiger partial charge in [-0.1, -0.05) is 6.07 Å². The highest BCUT2D eigenvalue weighted by atomic mass is 32.1. The summed E-state index contributed by atoms with van der Waals surface area (Å²) in [6.45, 7) is 3.35. The van der Waals surface area contributed by atoms with Gasteiger partial charge in [-0.25, -0.2) is 9.37 Å². The van der Waals surface area contributed by atoms with E-state index in [2.05, 4.69) is 20.3 Å². The second kappa shape index (κ2) is 8.65. The van der Waals surface area contributed by atoms with Crippen LogP contribution in [-0.4, -0.2) is 40.0 Å². The average molecular weight is 412 g/mol. The van der Waals surface area contributed by atoms with E-state index in [1.807, 2.05) is 23.3 Å². The molecule has 3 aromatic rings. The Balaban J connectivity index is 1.36. The van der Waals surface area contributed by atoms with Crippen LogP contribution in [0, 0.1) is 12.7 Å². The number of nitrogens with one attached hydrogen (secondary N) is 1. The Morgan fingerprint density at radius 3 is 3.10 bits per heavy atom. The maximum Gasteiger partial charge on any atom is 0.226 e. The first-order valence-corrected chi connectivity index (χ1v) is 10.5. The lowest BCUT2D eigenvalue weighted by Gasteiger charge is -2.35. The Hall–Kier alpha value is -2.87. The molecule has 1 N–H and O–H groups in total. The molecule has 1 fully saturated rings. The van der Waals surface area contributed by atoms with Crippen LogP contribution in [0.4, 0.5) is 10.1 Å². The molecule has 1 amide bonds. The zero-order valence-corrected chi connectivity index (χ0v) is 17.0. The van der Waals surface area contributed by atoms with Crippen LogP contribution in [-0.2, 0) is 11.2 Å². The van der Waals surface area contributed by atoms with Crippen molar-refractivity contribution in [1.82, 2.24) is 20.3 Å². The first-order chi connectivity index (χ1) is 14.1.